The van der Waals surface area contributed by atoms with Crippen molar-refractivity contribution in [3.8, 4) is 0 Å². The van der Waals surface area contributed by atoms with Gasteiger partial charge in [0.1, 0.15) is 0 Å². The highest BCUT2D eigenvalue weighted by atomic mass is 16.3. The van der Waals surface area contributed by atoms with E-state index in [1.54, 1.807) is 0 Å². The molecule has 0 heterocycles. The second kappa shape index (κ2) is 6.26. The van der Waals surface area contributed by atoms with Gasteiger partial charge in [-0.15, -0.1) is 0 Å². The van der Waals surface area contributed by atoms with Crippen molar-refractivity contribution >= 4 is 0 Å². The first-order valence-corrected chi connectivity index (χ1v) is 5.93. The van der Waals surface area contributed by atoms with Crippen molar-refractivity contribution in [2.75, 3.05) is 0 Å². The normalized spacial score (nSPS) is 36.5. The lowest BCUT2D eigenvalue weighted by Crippen LogP contribution is -2.36. The topological polar surface area (TPSA) is 66.5 Å². The summed E-state index contributed by atoms with van der Waals surface area (Å²) in [6.07, 6.45) is 7.91. The number of rotatable bonds is 5. The average molecular weight is 213 g/mol. The van der Waals surface area contributed by atoms with Crippen molar-refractivity contribution in [1.29, 1.82) is 0 Å². The zero-order chi connectivity index (χ0) is 11.3. The molecule has 0 amide bonds. The van der Waals surface area contributed by atoms with Crippen molar-refractivity contribution in [2.24, 2.45) is 11.7 Å². The van der Waals surface area contributed by atoms with Crippen molar-refractivity contribution in [1.82, 2.24) is 0 Å². The summed E-state index contributed by atoms with van der Waals surface area (Å²) in [6.45, 7) is 2.15. The minimum absolute atomic E-state index is 0.0614. The molecule has 1 fully saturated rings. The number of nitrogens with two attached hydrogens (primary N) is 1. The van der Waals surface area contributed by atoms with Crippen LogP contribution in [0.2, 0.25) is 0 Å². The fraction of sp³-hybridized carbons (Fsp3) is 0.833. The first kappa shape index (κ1) is 12.7. The molecular formula is C12H23NO2. The van der Waals surface area contributed by atoms with E-state index in [0.29, 0.717) is 6.42 Å². The Hall–Kier alpha value is -0.380. The highest BCUT2D eigenvalue weighted by Gasteiger charge is 2.38. The van der Waals surface area contributed by atoms with Crippen LogP contribution < -0.4 is 5.73 Å². The molecule has 3 nitrogen and oxygen atoms in total. The van der Waals surface area contributed by atoms with Crippen LogP contribution >= 0.6 is 0 Å². The number of aliphatic hydroxyl groups is 2. The van der Waals surface area contributed by atoms with Crippen molar-refractivity contribution in [2.45, 2.75) is 57.3 Å². The predicted molar refractivity (Wildman–Crippen MR) is 61.4 cm³/mol. The Kier molecular flexibility index (Phi) is 5.29. The number of hydrogen-bond donors (Lipinski definition) is 3. The first-order chi connectivity index (χ1) is 7.16. The molecule has 0 radical (unpaired) electrons. The third-order valence-corrected chi connectivity index (χ3v) is 3.20. The molecule has 0 aromatic heterocycles. The first-order valence-electron chi connectivity index (χ1n) is 5.93. The summed E-state index contributed by atoms with van der Waals surface area (Å²) in [7, 11) is 0. The van der Waals surface area contributed by atoms with Crippen molar-refractivity contribution in [3.05, 3.63) is 12.2 Å². The van der Waals surface area contributed by atoms with Gasteiger partial charge in [-0.05, 0) is 19.3 Å². The van der Waals surface area contributed by atoms with E-state index >= 15 is 0 Å². The maximum Gasteiger partial charge on any atom is 0.0719 e. The third-order valence-electron chi connectivity index (χ3n) is 3.20. The minimum atomic E-state index is -0.523. The molecule has 0 saturated heterocycles. The molecular weight excluding hydrogens is 190 g/mol. The maximum absolute atomic E-state index is 9.67. The molecule has 1 saturated carbocycles. The van der Waals surface area contributed by atoms with Gasteiger partial charge in [0.05, 0.1) is 12.2 Å². The summed E-state index contributed by atoms with van der Waals surface area (Å²) >= 11 is 0. The fourth-order valence-electron chi connectivity index (χ4n) is 2.20. The molecule has 4 N–H and O–H groups in total. The van der Waals surface area contributed by atoms with Crippen LogP contribution in [0.1, 0.15) is 39.0 Å². The third kappa shape index (κ3) is 3.59. The van der Waals surface area contributed by atoms with Gasteiger partial charge in [-0.1, -0.05) is 25.5 Å². The zero-order valence-electron chi connectivity index (χ0n) is 9.47. The second-order valence-corrected chi connectivity index (χ2v) is 4.45. The lowest BCUT2D eigenvalue weighted by atomic mass is 9.96. The van der Waals surface area contributed by atoms with Gasteiger partial charge in [0.2, 0.25) is 0 Å². The monoisotopic (exact) mass is 213 g/mol. The zero-order valence-corrected chi connectivity index (χ0v) is 9.47. The molecule has 0 unspecified atom stereocenters. The van der Waals surface area contributed by atoms with Crippen LogP contribution in [-0.4, -0.2) is 28.5 Å². The molecule has 15 heavy (non-hydrogen) atoms. The lowest BCUT2D eigenvalue weighted by molar-refractivity contribution is 0.117. The van der Waals surface area contributed by atoms with Crippen LogP contribution in [0, 0.1) is 5.92 Å². The molecule has 3 heteroatoms. The number of aliphatic hydroxyl groups excluding tert-OH is 2. The Morgan fingerprint density at radius 2 is 1.87 bits per heavy atom. The van der Waals surface area contributed by atoms with Gasteiger partial charge in [0.25, 0.3) is 0 Å². The van der Waals surface area contributed by atoms with Crippen LogP contribution in [0.15, 0.2) is 12.2 Å². The Balaban J connectivity index is 2.26. The Morgan fingerprint density at radius 3 is 2.40 bits per heavy atom. The standard InChI is InChI=1S/C12H23NO2/c1-2-3-4-5-6-7-9-10(14)8-11(15)12(9)13/h4-5,9-12,14-15H,2-3,6-8,13H2,1H3/b5-4-/t9-,10-,11+,12+/m0/s1. The van der Waals surface area contributed by atoms with E-state index < -0.39 is 12.2 Å². The molecule has 1 aliphatic carbocycles. The summed E-state index contributed by atoms with van der Waals surface area (Å²) in [4.78, 5) is 0. The van der Waals surface area contributed by atoms with Crippen LogP contribution in [0.3, 0.4) is 0 Å². The summed E-state index contributed by atoms with van der Waals surface area (Å²) in [5, 5.41) is 19.1. The van der Waals surface area contributed by atoms with E-state index in [1.165, 1.54) is 6.42 Å². The van der Waals surface area contributed by atoms with Crippen LogP contribution in [0.4, 0.5) is 0 Å². The smallest absolute Gasteiger partial charge is 0.0719 e. The van der Waals surface area contributed by atoms with E-state index in [4.69, 9.17) is 5.73 Å². The molecule has 4 atom stereocenters. The van der Waals surface area contributed by atoms with Gasteiger partial charge in [-0.3, -0.25) is 0 Å². The van der Waals surface area contributed by atoms with Gasteiger partial charge in [-0.2, -0.15) is 0 Å². The van der Waals surface area contributed by atoms with E-state index in [9.17, 15) is 10.2 Å². The number of hydrogen-bond acceptors (Lipinski definition) is 3. The highest BCUT2D eigenvalue weighted by molar-refractivity contribution is 4.95. The molecule has 0 spiro atoms. The molecule has 0 aromatic rings. The summed E-state index contributed by atoms with van der Waals surface area (Å²) in [6, 6.07) is -0.250. The van der Waals surface area contributed by atoms with Gasteiger partial charge in [0, 0.05) is 18.4 Å². The predicted octanol–water partition coefficient (Wildman–Crippen LogP) is 1.19. The van der Waals surface area contributed by atoms with Crippen LogP contribution in [0.5, 0.6) is 0 Å². The Morgan fingerprint density at radius 1 is 1.20 bits per heavy atom. The number of allylic oxidation sites excluding steroid dienone is 2. The largest absolute Gasteiger partial charge is 0.393 e. The summed E-state index contributed by atoms with van der Waals surface area (Å²) in [5.74, 6) is 0.0614. The molecule has 1 aliphatic rings. The lowest BCUT2D eigenvalue weighted by Gasteiger charge is -2.18. The van der Waals surface area contributed by atoms with E-state index in [-0.39, 0.29) is 12.0 Å². The fourth-order valence-corrected chi connectivity index (χ4v) is 2.20. The van der Waals surface area contributed by atoms with E-state index in [1.807, 2.05) is 0 Å². The van der Waals surface area contributed by atoms with Crippen molar-refractivity contribution in [3.63, 3.8) is 0 Å². The summed E-state index contributed by atoms with van der Waals surface area (Å²) in [5.41, 5.74) is 5.82. The molecule has 0 aromatic carbocycles. The van der Waals surface area contributed by atoms with Crippen molar-refractivity contribution < 1.29 is 10.2 Å². The Bertz CT molecular complexity index is 206. The molecule has 0 aliphatic heterocycles. The van der Waals surface area contributed by atoms with Crippen LogP contribution in [0.25, 0.3) is 0 Å². The molecule has 0 bridgehead atoms. The van der Waals surface area contributed by atoms with Gasteiger partial charge in [-0.25, -0.2) is 0 Å². The summed E-state index contributed by atoms with van der Waals surface area (Å²) < 4.78 is 0. The van der Waals surface area contributed by atoms with E-state index in [0.717, 1.165) is 19.3 Å². The molecule has 1 rings (SSSR count). The Labute approximate surface area is 92.0 Å². The van der Waals surface area contributed by atoms with Crippen LogP contribution in [-0.2, 0) is 0 Å². The second-order valence-electron chi connectivity index (χ2n) is 4.45. The molecule has 88 valence electrons. The average Bonchev–Trinajstić information content (AvgIpc) is 2.44. The number of unbranched alkanes of at least 4 members (excludes halogenated alkanes) is 1. The maximum atomic E-state index is 9.67. The van der Waals surface area contributed by atoms with Gasteiger partial charge < -0.3 is 15.9 Å². The van der Waals surface area contributed by atoms with Gasteiger partial charge >= 0.3 is 0 Å². The highest BCUT2D eigenvalue weighted by Crippen LogP contribution is 2.29. The van der Waals surface area contributed by atoms with Gasteiger partial charge in [0.15, 0.2) is 0 Å². The SMILES string of the molecule is CCC/C=C\CC[C@@H]1[C@@H](N)[C@H](O)C[C@@H]1O. The quantitative estimate of drug-likeness (QED) is 0.601. The minimum Gasteiger partial charge on any atom is -0.393 e. The van der Waals surface area contributed by atoms with E-state index in [2.05, 4.69) is 19.1 Å².